The minimum atomic E-state index is 0.651. The zero-order chi connectivity index (χ0) is 15.2. The Balaban J connectivity index is 1.67. The Labute approximate surface area is 133 Å². The van der Waals surface area contributed by atoms with Gasteiger partial charge in [-0.2, -0.15) is 0 Å². The van der Waals surface area contributed by atoms with Gasteiger partial charge >= 0.3 is 0 Å². The summed E-state index contributed by atoms with van der Waals surface area (Å²) < 4.78 is 11.1. The summed E-state index contributed by atoms with van der Waals surface area (Å²) in [4.78, 5) is 2.54. The van der Waals surface area contributed by atoms with Crippen LogP contribution in [0.25, 0.3) is 0 Å². The highest BCUT2D eigenvalue weighted by Crippen LogP contribution is 2.30. The van der Waals surface area contributed by atoms with E-state index in [1.807, 2.05) is 0 Å². The molecule has 1 aromatic carbocycles. The lowest BCUT2D eigenvalue weighted by atomic mass is 9.90. The van der Waals surface area contributed by atoms with E-state index in [9.17, 15) is 0 Å². The van der Waals surface area contributed by atoms with Crippen molar-refractivity contribution in [2.45, 2.75) is 25.2 Å². The lowest BCUT2D eigenvalue weighted by molar-refractivity contribution is 0.0853. The Bertz CT molecular complexity index is 466. The van der Waals surface area contributed by atoms with E-state index in [-0.39, 0.29) is 0 Å². The number of piperazine rings is 1. The molecule has 0 aliphatic carbocycles. The summed E-state index contributed by atoms with van der Waals surface area (Å²) in [5.74, 6) is 1.68. The third-order valence-corrected chi connectivity index (χ3v) is 4.90. The highest BCUT2D eigenvalue weighted by Gasteiger charge is 2.18. The number of hydrogen-bond donors (Lipinski definition) is 1. The number of benzene rings is 1. The average Bonchev–Trinajstić information content (AvgIpc) is 2.61. The zero-order valence-electron chi connectivity index (χ0n) is 13.6. The second kappa shape index (κ2) is 7.95. The van der Waals surface area contributed by atoms with Crippen LogP contribution in [0.15, 0.2) is 18.2 Å². The molecule has 0 atom stereocenters. The second-order valence-electron chi connectivity index (χ2n) is 6.30. The van der Waals surface area contributed by atoms with E-state index in [1.54, 1.807) is 7.11 Å². The quantitative estimate of drug-likeness (QED) is 0.902. The summed E-state index contributed by atoms with van der Waals surface area (Å²) in [6.07, 6.45) is 3.35. The van der Waals surface area contributed by atoms with Gasteiger partial charge in [-0.3, -0.25) is 0 Å². The van der Waals surface area contributed by atoms with Gasteiger partial charge in [-0.05, 0) is 42.4 Å². The largest absolute Gasteiger partial charge is 0.496 e. The van der Waals surface area contributed by atoms with Crippen molar-refractivity contribution in [3.8, 4) is 5.75 Å². The van der Waals surface area contributed by atoms with E-state index in [0.717, 1.165) is 70.9 Å². The Hall–Kier alpha value is -1.10. The van der Waals surface area contributed by atoms with Crippen LogP contribution < -0.4 is 10.1 Å². The molecule has 4 nitrogen and oxygen atoms in total. The molecule has 2 saturated heterocycles. The molecule has 22 heavy (non-hydrogen) atoms. The van der Waals surface area contributed by atoms with Gasteiger partial charge in [0.2, 0.25) is 0 Å². The maximum absolute atomic E-state index is 5.57. The van der Waals surface area contributed by atoms with Crippen molar-refractivity contribution in [3.05, 3.63) is 29.3 Å². The number of hydrogen-bond acceptors (Lipinski definition) is 4. The van der Waals surface area contributed by atoms with Gasteiger partial charge in [0, 0.05) is 45.9 Å². The SMILES string of the molecule is COc1ccc(C2CCOCC2)cc1CCN1CCNCC1. The van der Waals surface area contributed by atoms with Crippen LogP contribution in [-0.4, -0.2) is 57.9 Å². The minimum absolute atomic E-state index is 0.651. The molecule has 122 valence electrons. The molecule has 2 aliphatic heterocycles. The summed E-state index contributed by atoms with van der Waals surface area (Å²) in [5, 5.41) is 3.41. The molecule has 1 N–H and O–H groups in total. The Morgan fingerprint density at radius 2 is 2.00 bits per heavy atom. The average molecular weight is 304 g/mol. The van der Waals surface area contributed by atoms with Gasteiger partial charge < -0.3 is 19.7 Å². The third-order valence-electron chi connectivity index (χ3n) is 4.90. The molecule has 3 rings (SSSR count). The summed E-state index contributed by atoms with van der Waals surface area (Å²) in [6, 6.07) is 6.76. The molecule has 2 aliphatic rings. The molecule has 0 amide bonds. The van der Waals surface area contributed by atoms with Crippen LogP contribution in [0.4, 0.5) is 0 Å². The second-order valence-corrected chi connectivity index (χ2v) is 6.30. The highest BCUT2D eigenvalue weighted by molar-refractivity contribution is 5.39. The summed E-state index contributed by atoms with van der Waals surface area (Å²) in [6.45, 7) is 7.44. The van der Waals surface area contributed by atoms with Gasteiger partial charge in [-0.15, -0.1) is 0 Å². The Morgan fingerprint density at radius 3 is 2.73 bits per heavy atom. The van der Waals surface area contributed by atoms with Crippen LogP contribution in [0, 0.1) is 0 Å². The Kier molecular flexibility index (Phi) is 5.70. The smallest absolute Gasteiger partial charge is 0.122 e. The first-order chi connectivity index (χ1) is 10.9. The van der Waals surface area contributed by atoms with Crippen molar-refractivity contribution in [1.29, 1.82) is 0 Å². The first-order valence-corrected chi connectivity index (χ1v) is 8.54. The molecule has 1 aromatic rings. The highest BCUT2D eigenvalue weighted by atomic mass is 16.5. The monoisotopic (exact) mass is 304 g/mol. The topological polar surface area (TPSA) is 33.7 Å². The van der Waals surface area contributed by atoms with Crippen LogP contribution in [0.2, 0.25) is 0 Å². The van der Waals surface area contributed by atoms with E-state index >= 15 is 0 Å². The van der Waals surface area contributed by atoms with Gasteiger partial charge in [-0.25, -0.2) is 0 Å². The predicted molar refractivity (Wildman–Crippen MR) is 88.8 cm³/mol. The third kappa shape index (κ3) is 4.00. The lowest BCUT2D eigenvalue weighted by Crippen LogP contribution is -2.44. The predicted octanol–water partition coefficient (Wildman–Crippen LogP) is 2.04. The van der Waals surface area contributed by atoms with Crippen molar-refractivity contribution in [3.63, 3.8) is 0 Å². The molecule has 0 aromatic heterocycles. The van der Waals surface area contributed by atoms with Crippen LogP contribution in [-0.2, 0) is 11.2 Å². The van der Waals surface area contributed by atoms with E-state index in [4.69, 9.17) is 9.47 Å². The van der Waals surface area contributed by atoms with Crippen molar-refractivity contribution in [2.24, 2.45) is 0 Å². The van der Waals surface area contributed by atoms with Gasteiger partial charge in [0.25, 0.3) is 0 Å². The molecule has 0 saturated carbocycles. The van der Waals surface area contributed by atoms with E-state index in [0.29, 0.717) is 5.92 Å². The molecular formula is C18H28N2O2. The van der Waals surface area contributed by atoms with E-state index in [2.05, 4.69) is 28.4 Å². The number of methoxy groups -OCH3 is 1. The summed E-state index contributed by atoms with van der Waals surface area (Å²) in [5.41, 5.74) is 2.81. The molecule has 2 heterocycles. The standard InChI is InChI=1S/C18H28N2O2/c1-21-18-3-2-16(15-5-12-22-13-6-15)14-17(18)4-9-20-10-7-19-8-11-20/h2-3,14-15,19H,4-13H2,1H3. The number of nitrogens with zero attached hydrogens (tertiary/aromatic N) is 1. The van der Waals surface area contributed by atoms with Crippen LogP contribution in [0.5, 0.6) is 5.75 Å². The van der Waals surface area contributed by atoms with Crippen LogP contribution in [0.1, 0.15) is 29.9 Å². The van der Waals surface area contributed by atoms with E-state index in [1.165, 1.54) is 11.1 Å². The first kappa shape index (κ1) is 15.8. The molecule has 0 bridgehead atoms. The summed E-state index contributed by atoms with van der Waals surface area (Å²) >= 11 is 0. The van der Waals surface area contributed by atoms with E-state index < -0.39 is 0 Å². The molecule has 0 spiro atoms. The fraction of sp³-hybridized carbons (Fsp3) is 0.667. The molecule has 0 radical (unpaired) electrons. The molecule has 0 unspecified atom stereocenters. The van der Waals surface area contributed by atoms with Gasteiger partial charge in [-0.1, -0.05) is 12.1 Å². The first-order valence-electron chi connectivity index (χ1n) is 8.54. The van der Waals surface area contributed by atoms with Crippen molar-refractivity contribution < 1.29 is 9.47 Å². The number of rotatable bonds is 5. The van der Waals surface area contributed by atoms with Crippen molar-refractivity contribution >= 4 is 0 Å². The molecular weight excluding hydrogens is 276 g/mol. The van der Waals surface area contributed by atoms with Crippen molar-refractivity contribution in [2.75, 3.05) is 53.0 Å². The summed E-state index contributed by atoms with van der Waals surface area (Å²) in [7, 11) is 1.78. The fourth-order valence-electron chi connectivity index (χ4n) is 3.49. The maximum Gasteiger partial charge on any atom is 0.122 e. The van der Waals surface area contributed by atoms with Crippen LogP contribution in [0.3, 0.4) is 0 Å². The van der Waals surface area contributed by atoms with Crippen molar-refractivity contribution in [1.82, 2.24) is 10.2 Å². The Morgan fingerprint density at radius 1 is 1.23 bits per heavy atom. The minimum Gasteiger partial charge on any atom is -0.496 e. The van der Waals surface area contributed by atoms with Gasteiger partial charge in [0.15, 0.2) is 0 Å². The maximum atomic E-state index is 5.57. The zero-order valence-corrected chi connectivity index (χ0v) is 13.6. The van der Waals surface area contributed by atoms with Gasteiger partial charge in [0.05, 0.1) is 7.11 Å². The normalized spacial score (nSPS) is 21.0. The molecule has 2 fully saturated rings. The van der Waals surface area contributed by atoms with Crippen LogP contribution >= 0.6 is 0 Å². The molecule has 4 heteroatoms. The fourth-order valence-corrected chi connectivity index (χ4v) is 3.49. The number of ether oxygens (including phenoxy) is 2. The lowest BCUT2D eigenvalue weighted by Gasteiger charge is -2.27. The number of nitrogens with one attached hydrogen (secondary N) is 1. The van der Waals surface area contributed by atoms with Gasteiger partial charge in [0.1, 0.15) is 5.75 Å².